The van der Waals surface area contributed by atoms with Crippen LogP contribution in [0.5, 0.6) is 0 Å². The standard InChI is InChI=1S/C10H6F3NO2/c1-14-8-6(9(15)16-2)4-3-5-7(8)10(11,12)13/h3-5H,2H3. The van der Waals surface area contributed by atoms with Crippen LogP contribution < -0.4 is 0 Å². The minimum Gasteiger partial charge on any atom is -0.466 e. The van der Waals surface area contributed by atoms with Crippen molar-refractivity contribution in [1.82, 2.24) is 0 Å². The van der Waals surface area contributed by atoms with Crippen LogP contribution in [0.3, 0.4) is 0 Å². The summed E-state index contributed by atoms with van der Waals surface area (Å²) >= 11 is 0. The number of methoxy groups -OCH3 is 1. The van der Waals surface area contributed by atoms with E-state index in [9.17, 15) is 18.0 Å². The van der Waals surface area contributed by atoms with Crippen LogP contribution in [0.4, 0.5) is 18.9 Å². The van der Waals surface area contributed by atoms with Gasteiger partial charge >= 0.3 is 12.1 Å². The third kappa shape index (κ3) is 2.14. The van der Waals surface area contributed by atoms with Gasteiger partial charge in [0.2, 0.25) is 5.69 Å². The molecular weight excluding hydrogens is 223 g/mol. The molecule has 0 spiro atoms. The van der Waals surface area contributed by atoms with Gasteiger partial charge in [-0.05, 0) is 0 Å². The zero-order valence-corrected chi connectivity index (χ0v) is 8.13. The summed E-state index contributed by atoms with van der Waals surface area (Å²) in [5, 5.41) is 0. The van der Waals surface area contributed by atoms with E-state index in [4.69, 9.17) is 6.57 Å². The zero-order valence-electron chi connectivity index (χ0n) is 8.13. The van der Waals surface area contributed by atoms with Gasteiger partial charge < -0.3 is 4.74 Å². The largest absolute Gasteiger partial charge is 0.466 e. The van der Waals surface area contributed by atoms with Crippen LogP contribution in [0.15, 0.2) is 18.2 Å². The molecule has 0 heterocycles. The van der Waals surface area contributed by atoms with Gasteiger partial charge in [-0.25, -0.2) is 9.64 Å². The molecule has 0 saturated heterocycles. The number of benzene rings is 1. The van der Waals surface area contributed by atoms with Crippen molar-refractivity contribution in [2.75, 3.05) is 7.11 Å². The van der Waals surface area contributed by atoms with Gasteiger partial charge in [0, 0.05) is 0 Å². The normalized spacial score (nSPS) is 10.7. The van der Waals surface area contributed by atoms with Crippen LogP contribution in [0.2, 0.25) is 0 Å². The molecule has 0 saturated carbocycles. The van der Waals surface area contributed by atoms with Gasteiger partial charge in [0.1, 0.15) is 0 Å². The summed E-state index contributed by atoms with van der Waals surface area (Å²) in [6, 6.07) is 2.93. The fourth-order valence-corrected chi connectivity index (χ4v) is 1.17. The summed E-state index contributed by atoms with van der Waals surface area (Å²) in [5.74, 6) is -0.961. The number of hydrogen-bond donors (Lipinski definition) is 0. The molecule has 0 radical (unpaired) electrons. The monoisotopic (exact) mass is 229 g/mol. The van der Waals surface area contributed by atoms with E-state index in [2.05, 4.69) is 9.58 Å². The Hall–Kier alpha value is -2.03. The Bertz CT molecular complexity index is 460. The molecule has 0 aromatic heterocycles. The van der Waals surface area contributed by atoms with Crippen LogP contribution in [-0.2, 0) is 10.9 Å². The van der Waals surface area contributed by atoms with Gasteiger partial charge in [-0.1, -0.05) is 18.2 Å². The maximum Gasteiger partial charge on any atom is 0.407 e. The third-order valence-electron chi connectivity index (χ3n) is 1.86. The van der Waals surface area contributed by atoms with Crippen LogP contribution >= 0.6 is 0 Å². The molecule has 0 N–H and O–H groups in total. The third-order valence-corrected chi connectivity index (χ3v) is 1.86. The molecule has 0 unspecified atom stereocenters. The summed E-state index contributed by atoms with van der Waals surface area (Å²) in [7, 11) is 1.04. The van der Waals surface area contributed by atoms with Crippen molar-refractivity contribution in [3.8, 4) is 0 Å². The van der Waals surface area contributed by atoms with Gasteiger partial charge in [0.05, 0.1) is 24.8 Å². The molecule has 0 aliphatic carbocycles. The smallest absolute Gasteiger partial charge is 0.407 e. The lowest BCUT2D eigenvalue weighted by Gasteiger charge is -2.10. The molecular formula is C10H6F3NO2. The topological polar surface area (TPSA) is 30.7 Å². The number of hydrogen-bond acceptors (Lipinski definition) is 2. The Balaban J connectivity index is 3.46. The molecule has 0 aliphatic heterocycles. The second-order valence-electron chi connectivity index (χ2n) is 2.80. The van der Waals surface area contributed by atoms with Gasteiger partial charge in [-0.15, -0.1) is 0 Å². The van der Waals surface area contributed by atoms with E-state index in [1.165, 1.54) is 0 Å². The molecule has 84 valence electrons. The van der Waals surface area contributed by atoms with Crippen molar-refractivity contribution in [2.24, 2.45) is 0 Å². The molecule has 0 bridgehead atoms. The number of carbonyl (C=O) groups excluding carboxylic acids is 1. The van der Waals surface area contributed by atoms with Crippen LogP contribution in [0.1, 0.15) is 15.9 Å². The minimum atomic E-state index is -4.66. The second kappa shape index (κ2) is 4.23. The lowest BCUT2D eigenvalue weighted by molar-refractivity contribution is -0.136. The first kappa shape index (κ1) is 12.0. The SMILES string of the molecule is [C-]#[N+]c1c(C(=O)OC)cccc1C(F)(F)F. The van der Waals surface area contributed by atoms with Crippen molar-refractivity contribution < 1.29 is 22.7 Å². The molecule has 0 fully saturated rings. The Labute approximate surface area is 89.3 Å². The van der Waals surface area contributed by atoms with E-state index < -0.39 is 23.4 Å². The number of rotatable bonds is 1. The predicted molar refractivity (Wildman–Crippen MR) is 49.0 cm³/mol. The van der Waals surface area contributed by atoms with Gasteiger partial charge in [0.15, 0.2) is 0 Å². The molecule has 0 atom stereocenters. The van der Waals surface area contributed by atoms with E-state index in [-0.39, 0.29) is 5.56 Å². The van der Waals surface area contributed by atoms with Crippen LogP contribution in [-0.4, -0.2) is 13.1 Å². The quantitative estimate of drug-likeness (QED) is 0.547. The highest BCUT2D eigenvalue weighted by Gasteiger charge is 2.35. The zero-order chi connectivity index (χ0) is 12.3. The number of alkyl halides is 3. The first-order chi connectivity index (χ1) is 7.41. The van der Waals surface area contributed by atoms with Gasteiger partial charge in [-0.2, -0.15) is 13.2 Å². The predicted octanol–water partition coefficient (Wildman–Crippen LogP) is 3.04. The summed E-state index contributed by atoms with van der Waals surface area (Å²) < 4.78 is 41.8. The molecule has 0 aliphatic rings. The minimum absolute atomic E-state index is 0.382. The molecule has 16 heavy (non-hydrogen) atoms. The maximum absolute atomic E-state index is 12.5. The number of carbonyl (C=O) groups is 1. The second-order valence-corrected chi connectivity index (χ2v) is 2.80. The van der Waals surface area contributed by atoms with Crippen LogP contribution in [0.25, 0.3) is 4.85 Å². The van der Waals surface area contributed by atoms with E-state index in [0.717, 1.165) is 25.3 Å². The molecule has 3 nitrogen and oxygen atoms in total. The molecule has 6 heteroatoms. The van der Waals surface area contributed by atoms with Crippen molar-refractivity contribution in [2.45, 2.75) is 6.18 Å². The molecule has 0 amide bonds. The Morgan fingerprint density at radius 1 is 1.44 bits per heavy atom. The number of para-hydroxylation sites is 1. The Morgan fingerprint density at radius 3 is 2.50 bits per heavy atom. The fourth-order valence-electron chi connectivity index (χ4n) is 1.17. The van der Waals surface area contributed by atoms with Crippen LogP contribution in [0, 0.1) is 6.57 Å². The summed E-state index contributed by atoms with van der Waals surface area (Å²) in [6.45, 7) is 6.69. The van der Waals surface area contributed by atoms with Gasteiger partial charge in [-0.3, -0.25) is 0 Å². The number of esters is 1. The number of ether oxygens (including phenoxy) is 1. The maximum atomic E-state index is 12.5. The van der Waals surface area contributed by atoms with E-state index >= 15 is 0 Å². The molecule has 1 rings (SSSR count). The van der Waals surface area contributed by atoms with E-state index in [1.54, 1.807) is 0 Å². The Kier molecular flexibility index (Phi) is 3.18. The molecule has 1 aromatic rings. The fraction of sp³-hybridized carbons (Fsp3) is 0.200. The highest BCUT2D eigenvalue weighted by atomic mass is 19.4. The lowest BCUT2D eigenvalue weighted by Crippen LogP contribution is -2.09. The highest BCUT2D eigenvalue weighted by molar-refractivity contribution is 5.96. The average molecular weight is 229 g/mol. The number of halogens is 3. The van der Waals surface area contributed by atoms with Gasteiger partial charge in [0.25, 0.3) is 0 Å². The van der Waals surface area contributed by atoms with E-state index in [0.29, 0.717) is 0 Å². The van der Waals surface area contributed by atoms with Crippen molar-refractivity contribution in [1.29, 1.82) is 0 Å². The summed E-state index contributed by atoms with van der Waals surface area (Å²) in [5.41, 5.74) is -2.25. The highest BCUT2D eigenvalue weighted by Crippen LogP contribution is 2.38. The first-order valence-corrected chi connectivity index (χ1v) is 4.07. The molecule has 1 aromatic carbocycles. The average Bonchev–Trinajstić information content (AvgIpc) is 2.25. The summed E-state index contributed by atoms with van der Waals surface area (Å²) in [4.78, 5) is 13.9. The van der Waals surface area contributed by atoms with E-state index in [1.807, 2.05) is 0 Å². The lowest BCUT2D eigenvalue weighted by atomic mass is 10.1. The first-order valence-electron chi connectivity index (χ1n) is 4.07. The van der Waals surface area contributed by atoms with Crippen molar-refractivity contribution in [3.63, 3.8) is 0 Å². The van der Waals surface area contributed by atoms with Crippen molar-refractivity contribution >= 4 is 11.7 Å². The Morgan fingerprint density at radius 2 is 2.06 bits per heavy atom. The summed E-state index contributed by atoms with van der Waals surface area (Å²) in [6.07, 6.45) is -4.66. The van der Waals surface area contributed by atoms with Crippen molar-refractivity contribution in [3.05, 3.63) is 40.7 Å². The number of nitrogens with zero attached hydrogens (tertiary/aromatic N) is 1.